The Morgan fingerprint density at radius 1 is 1.09 bits per heavy atom. The Bertz CT molecular complexity index is 1370. The quantitative estimate of drug-likeness (QED) is 0.270. The maximum absolute atomic E-state index is 13.8. The zero-order valence-corrected chi connectivity index (χ0v) is 21.0. The van der Waals surface area contributed by atoms with Gasteiger partial charge in [0.25, 0.3) is 5.56 Å². The second-order valence-corrected chi connectivity index (χ2v) is 9.15. The van der Waals surface area contributed by atoms with Crippen LogP contribution in [-0.2, 0) is 11.3 Å². The first-order valence-corrected chi connectivity index (χ1v) is 12.3. The molecule has 0 bridgehead atoms. The minimum absolute atomic E-state index is 0.0253. The van der Waals surface area contributed by atoms with Gasteiger partial charge in [-0.3, -0.25) is 14.2 Å². The Hall–Kier alpha value is -3.67. The van der Waals surface area contributed by atoms with Gasteiger partial charge in [0.2, 0.25) is 5.91 Å². The van der Waals surface area contributed by atoms with Crippen molar-refractivity contribution in [2.75, 3.05) is 0 Å². The van der Waals surface area contributed by atoms with Crippen LogP contribution in [0, 0.1) is 13.8 Å². The van der Waals surface area contributed by atoms with Crippen LogP contribution in [-0.4, -0.2) is 20.4 Å². The predicted molar refractivity (Wildman–Crippen MR) is 139 cm³/mol. The summed E-state index contributed by atoms with van der Waals surface area (Å²) >= 11 is 0. The van der Waals surface area contributed by atoms with Gasteiger partial charge in [0.15, 0.2) is 0 Å². The van der Waals surface area contributed by atoms with Gasteiger partial charge in [-0.15, -0.1) is 0 Å². The van der Waals surface area contributed by atoms with Gasteiger partial charge in [-0.05, 0) is 68.7 Å². The van der Waals surface area contributed by atoms with Crippen molar-refractivity contribution in [3.63, 3.8) is 0 Å². The number of carbonyl (C=O) groups is 1. The van der Waals surface area contributed by atoms with E-state index in [0.717, 1.165) is 36.1 Å². The molecule has 0 N–H and O–H groups in total. The summed E-state index contributed by atoms with van der Waals surface area (Å²) in [5.41, 5.74) is 3.29. The maximum Gasteiger partial charge on any atom is 0.266 e. The number of furan rings is 1. The number of aryl methyl sites for hydroxylation is 2. The molecule has 0 aliphatic carbocycles. The highest BCUT2D eigenvalue weighted by Crippen LogP contribution is 2.27. The molecule has 35 heavy (non-hydrogen) atoms. The Balaban J connectivity index is 1.88. The molecular formula is C29H33N3O3. The molecule has 0 aliphatic rings. The van der Waals surface area contributed by atoms with Crippen molar-refractivity contribution in [3.8, 4) is 5.69 Å². The van der Waals surface area contributed by atoms with Crippen molar-refractivity contribution < 1.29 is 9.21 Å². The monoisotopic (exact) mass is 471 g/mol. The number of unbranched alkanes of at least 4 members (excludes halogenated alkanes) is 2. The van der Waals surface area contributed by atoms with Crippen LogP contribution in [0.1, 0.15) is 68.3 Å². The molecule has 1 atom stereocenters. The third-order valence-electron chi connectivity index (χ3n) is 6.47. The molecule has 6 nitrogen and oxygen atoms in total. The molecule has 0 saturated heterocycles. The highest BCUT2D eigenvalue weighted by Gasteiger charge is 2.28. The molecule has 182 valence electrons. The third-order valence-corrected chi connectivity index (χ3v) is 6.47. The molecule has 0 fully saturated rings. The van der Waals surface area contributed by atoms with E-state index in [1.165, 1.54) is 0 Å². The normalized spacial score (nSPS) is 12.1. The number of fused-ring (bicyclic) bond motifs is 1. The lowest BCUT2D eigenvalue weighted by Crippen LogP contribution is -2.37. The number of carbonyl (C=O) groups excluding carboxylic acids is 1. The van der Waals surface area contributed by atoms with E-state index in [4.69, 9.17) is 9.40 Å². The Morgan fingerprint density at radius 3 is 2.63 bits per heavy atom. The van der Waals surface area contributed by atoms with Gasteiger partial charge in [-0.2, -0.15) is 0 Å². The van der Waals surface area contributed by atoms with E-state index in [0.29, 0.717) is 35.5 Å². The molecule has 0 saturated carbocycles. The smallest absolute Gasteiger partial charge is 0.266 e. The van der Waals surface area contributed by atoms with E-state index in [-0.39, 0.29) is 11.5 Å². The lowest BCUT2D eigenvalue weighted by Gasteiger charge is -2.30. The standard InChI is InChI=1S/C29H33N3O3/c1-5-6-7-14-27(33)31(19-23-11-10-17-35-23)22(4)28-30-25-13-9-8-12-24(25)29(34)32(28)26-18-20(2)15-16-21(26)3/h8-13,15-18,22H,5-7,14,19H2,1-4H3. The van der Waals surface area contributed by atoms with Crippen LogP contribution in [0.4, 0.5) is 0 Å². The van der Waals surface area contributed by atoms with Crippen molar-refractivity contribution in [2.45, 2.75) is 66.0 Å². The Morgan fingerprint density at radius 2 is 1.89 bits per heavy atom. The number of hydrogen-bond acceptors (Lipinski definition) is 4. The summed E-state index contributed by atoms with van der Waals surface area (Å²) in [6, 6.07) is 16.7. The van der Waals surface area contributed by atoms with Crippen molar-refractivity contribution >= 4 is 16.8 Å². The lowest BCUT2D eigenvalue weighted by molar-refractivity contribution is -0.134. The summed E-state index contributed by atoms with van der Waals surface area (Å²) in [5, 5.41) is 0.552. The predicted octanol–water partition coefficient (Wildman–Crippen LogP) is 6.27. The number of nitrogens with zero attached hydrogens (tertiary/aromatic N) is 3. The topological polar surface area (TPSA) is 68.3 Å². The van der Waals surface area contributed by atoms with Gasteiger partial charge < -0.3 is 9.32 Å². The van der Waals surface area contributed by atoms with E-state index in [2.05, 4.69) is 6.92 Å². The molecule has 4 rings (SSSR count). The number of rotatable bonds is 9. The van der Waals surface area contributed by atoms with Gasteiger partial charge in [-0.1, -0.05) is 44.0 Å². The average molecular weight is 472 g/mol. The molecule has 4 aromatic rings. The summed E-state index contributed by atoms with van der Waals surface area (Å²) in [4.78, 5) is 34.0. The fraction of sp³-hybridized carbons (Fsp3) is 0.345. The number of para-hydroxylation sites is 1. The molecule has 0 spiro atoms. The highest BCUT2D eigenvalue weighted by molar-refractivity contribution is 5.79. The van der Waals surface area contributed by atoms with E-state index >= 15 is 0 Å². The molecule has 0 radical (unpaired) electrons. The van der Waals surface area contributed by atoms with Gasteiger partial charge in [0.1, 0.15) is 11.6 Å². The van der Waals surface area contributed by atoms with E-state index < -0.39 is 6.04 Å². The molecule has 1 amide bonds. The maximum atomic E-state index is 13.8. The van der Waals surface area contributed by atoms with E-state index in [1.54, 1.807) is 21.8 Å². The third kappa shape index (κ3) is 5.21. The first-order valence-electron chi connectivity index (χ1n) is 12.3. The lowest BCUT2D eigenvalue weighted by atomic mass is 10.1. The molecule has 6 heteroatoms. The molecule has 2 aromatic heterocycles. The Labute approximate surface area is 206 Å². The second-order valence-electron chi connectivity index (χ2n) is 9.15. The summed E-state index contributed by atoms with van der Waals surface area (Å²) < 4.78 is 7.27. The van der Waals surface area contributed by atoms with Crippen LogP contribution >= 0.6 is 0 Å². The van der Waals surface area contributed by atoms with Gasteiger partial charge in [0.05, 0.1) is 35.4 Å². The first kappa shape index (κ1) is 24.5. The van der Waals surface area contributed by atoms with Crippen molar-refractivity contribution in [1.29, 1.82) is 0 Å². The van der Waals surface area contributed by atoms with Crippen LogP contribution in [0.3, 0.4) is 0 Å². The largest absolute Gasteiger partial charge is 0.467 e. The summed E-state index contributed by atoms with van der Waals surface area (Å²) in [6.45, 7) is 8.37. The van der Waals surface area contributed by atoms with Crippen LogP contribution < -0.4 is 5.56 Å². The van der Waals surface area contributed by atoms with Crippen LogP contribution in [0.5, 0.6) is 0 Å². The summed E-state index contributed by atoms with van der Waals surface area (Å²) in [6.07, 6.45) is 4.92. The first-order chi connectivity index (χ1) is 16.9. The number of amides is 1. The van der Waals surface area contributed by atoms with Crippen LogP contribution in [0.15, 0.2) is 70.1 Å². The van der Waals surface area contributed by atoms with Crippen LogP contribution in [0.2, 0.25) is 0 Å². The molecular weight excluding hydrogens is 438 g/mol. The number of benzene rings is 2. The highest BCUT2D eigenvalue weighted by atomic mass is 16.3. The molecule has 1 unspecified atom stereocenters. The fourth-order valence-corrected chi connectivity index (χ4v) is 4.44. The van der Waals surface area contributed by atoms with Gasteiger partial charge in [0, 0.05) is 6.42 Å². The zero-order valence-electron chi connectivity index (χ0n) is 21.0. The number of hydrogen-bond donors (Lipinski definition) is 0. The van der Waals surface area contributed by atoms with Gasteiger partial charge in [-0.25, -0.2) is 4.98 Å². The average Bonchev–Trinajstić information content (AvgIpc) is 3.37. The SMILES string of the molecule is CCCCCC(=O)N(Cc1ccco1)C(C)c1nc2ccccc2c(=O)n1-c1cc(C)ccc1C. The van der Waals surface area contributed by atoms with Crippen molar-refractivity contribution in [3.05, 3.63) is 93.9 Å². The van der Waals surface area contributed by atoms with Crippen LogP contribution in [0.25, 0.3) is 16.6 Å². The Kier molecular flexibility index (Phi) is 7.49. The molecule has 2 aromatic carbocycles. The van der Waals surface area contributed by atoms with Crippen molar-refractivity contribution in [2.24, 2.45) is 0 Å². The van der Waals surface area contributed by atoms with Gasteiger partial charge >= 0.3 is 0 Å². The summed E-state index contributed by atoms with van der Waals surface area (Å²) in [7, 11) is 0. The minimum Gasteiger partial charge on any atom is -0.467 e. The second kappa shape index (κ2) is 10.7. The fourth-order valence-electron chi connectivity index (χ4n) is 4.44. The molecule has 2 heterocycles. The van der Waals surface area contributed by atoms with E-state index in [9.17, 15) is 9.59 Å². The number of aromatic nitrogens is 2. The molecule has 0 aliphatic heterocycles. The zero-order chi connectivity index (χ0) is 24.9. The van der Waals surface area contributed by atoms with E-state index in [1.807, 2.05) is 69.3 Å². The van der Waals surface area contributed by atoms with Crippen molar-refractivity contribution in [1.82, 2.24) is 14.5 Å². The summed E-state index contributed by atoms with van der Waals surface area (Å²) in [5.74, 6) is 1.26. The minimum atomic E-state index is -0.452.